The van der Waals surface area contributed by atoms with E-state index in [1.165, 1.54) is 5.56 Å². The zero-order valence-electron chi connectivity index (χ0n) is 13.9. The van der Waals surface area contributed by atoms with Gasteiger partial charge in [0.2, 0.25) is 0 Å². The molecule has 0 saturated heterocycles. The largest absolute Gasteiger partial charge is 0.331 e. The molecule has 0 atom stereocenters. The van der Waals surface area contributed by atoms with Gasteiger partial charge in [-0.15, -0.1) is 0 Å². The van der Waals surface area contributed by atoms with Gasteiger partial charge < -0.3 is 5.32 Å². The third-order valence-electron chi connectivity index (χ3n) is 3.67. The number of hydrogen-bond donors (Lipinski definition) is 2. The van der Waals surface area contributed by atoms with Crippen molar-refractivity contribution in [2.24, 2.45) is 5.10 Å². The van der Waals surface area contributed by atoms with E-state index in [0.717, 1.165) is 22.5 Å². The molecule has 3 aromatic carbocycles. The third kappa shape index (κ3) is 4.75. The van der Waals surface area contributed by atoms with Gasteiger partial charge in [0, 0.05) is 16.8 Å². The maximum atomic E-state index is 5.36. The van der Waals surface area contributed by atoms with Gasteiger partial charge in [-0.3, -0.25) is 5.43 Å². The number of aryl methyl sites for hydroxylation is 1. The predicted molar refractivity (Wildman–Crippen MR) is 109 cm³/mol. The summed E-state index contributed by atoms with van der Waals surface area (Å²) in [5.74, 6) is 0. The molecule has 25 heavy (non-hydrogen) atoms. The minimum atomic E-state index is 0.452. The molecule has 3 aromatic rings. The number of thiocarbonyl (C=S) groups is 1. The number of rotatable bonds is 4. The zero-order valence-corrected chi connectivity index (χ0v) is 14.8. The smallest absolute Gasteiger partial charge is 0.191 e. The Bertz CT molecular complexity index is 815. The van der Waals surface area contributed by atoms with Crippen LogP contribution in [0.25, 0.3) is 0 Å². The summed E-state index contributed by atoms with van der Waals surface area (Å²) in [7, 11) is 0. The first-order chi connectivity index (χ1) is 12.2. The summed E-state index contributed by atoms with van der Waals surface area (Å²) in [6.07, 6.45) is 0. The lowest BCUT2D eigenvalue weighted by Gasteiger charge is -2.10. The second-order valence-corrected chi connectivity index (χ2v) is 6.03. The Balaban J connectivity index is 1.79. The normalized spacial score (nSPS) is 9.96. The highest BCUT2D eigenvalue weighted by Gasteiger charge is 2.07. The van der Waals surface area contributed by atoms with Crippen molar-refractivity contribution in [3.8, 4) is 0 Å². The van der Waals surface area contributed by atoms with Crippen LogP contribution < -0.4 is 10.7 Å². The summed E-state index contributed by atoms with van der Waals surface area (Å²) in [5, 5.41) is 8.13. The number of hydrogen-bond acceptors (Lipinski definition) is 2. The van der Waals surface area contributed by atoms with Gasteiger partial charge in [0.05, 0.1) is 5.71 Å². The molecule has 124 valence electrons. The first-order valence-electron chi connectivity index (χ1n) is 8.04. The van der Waals surface area contributed by atoms with E-state index < -0.39 is 0 Å². The van der Waals surface area contributed by atoms with Crippen LogP contribution in [-0.4, -0.2) is 10.8 Å². The average Bonchev–Trinajstić information content (AvgIpc) is 2.66. The van der Waals surface area contributed by atoms with Crippen molar-refractivity contribution in [1.29, 1.82) is 0 Å². The number of benzene rings is 3. The highest BCUT2D eigenvalue weighted by Crippen LogP contribution is 2.11. The first-order valence-corrected chi connectivity index (χ1v) is 8.45. The summed E-state index contributed by atoms with van der Waals surface area (Å²) in [4.78, 5) is 0. The van der Waals surface area contributed by atoms with Crippen molar-refractivity contribution in [2.75, 3.05) is 5.32 Å². The van der Waals surface area contributed by atoms with E-state index in [-0.39, 0.29) is 0 Å². The summed E-state index contributed by atoms with van der Waals surface area (Å²) in [6, 6.07) is 28.1. The summed E-state index contributed by atoms with van der Waals surface area (Å²) in [5.41, 5.74) is 7.98. The van der Waals surface area contributed by atoms with Crippen LogP contribution in [0.4, 0.5) is 5.69 Å². The minimum absolute atomic E-state index is 0.452. The third-order valence-corrected chi connectivity index (χ3v) is 3.87. The fraction of sp³-hybridized carbons (Fsp3) is 0.0476. The summed E-state index contributed by atoms with van der Waals surface area (Å²) in [6.45, 7) is 2.05. The number of hydrazone groups is 1. The van der Waals surface area contributed by atoms with Gasteiger partial charge in [-0.2, -0.15) is 5.10 Å². The molecule has 3 nitrogen and oxygen atoms in total. The Morgan fingerprint density at radius 1 is 0.760 bits per heavy atom. The van der Waals surface area contributed by atoms with E-state index in [1.807, 2.05) is 84.9 Å². The minimum Gasteiger partial charge on any atom is -0.331 e. The molecule has 0 aliphatic carbocycles. The SMILES string of the molecule is Cc1ccc(NC(=S)NN=C(c2ccccc2)c2ccccc2)cc1. The lowest BCUT2D eigenvalue weighted by Crippen LogP contribution is -2.25. The van der Waals surface area contributed by atoms with Crippen molar-refractivity contribution in [3.05, 3.63) is 102 Å². The molecule has 0 spiro atoms. The first kappa shape index (κ1) is 16.9. The molecule has 0 radical (unpaired) electrons. The molecule has 0 heterocycles. The molecule has 0 aliphatic heterocycles. The van der Waals surface area contributed by atoms with Crippen molar-refractivity contribution in [3.63, 3.8) is 0 Å². The van der Waals surface area contributed by atoms with Crippen LogP contribution in [0.5, 0.6) is 0 Å². The summed E-state index contributed by atoms with van der Waals surface area (Å²) >= 11 is 5.36. The van der Waals surface area contributed by atoms with Crippen LogP contribution >= 0.6 is 12.2 Å². The number of nitrogens with zero attached hydrogens (tertiary/aromatic N) is 1. The topological polar surface area (TPSA) is 36.4 Å². The Hall–Kier alpha value is -2.98. The molecule has 0 fully saturated rings. The predicted octanol–water partition coefficient (Wildman–Crippen LogP) is 4.73. The quantitative estimate of drug-likeness (QED) is 0.407. The van der Waals surface area contributed by atoms with E-state index >= 15 is 0 Å². The van der Waals surface area contributed by atoms with E-state index in [2.05, 4.69) is 22.8 Å². The van der Waals surface area contributed by atoms with Gasteiger partial charge in [0.15, 0.2) is 5.11 Å². The van der Waals surface area contributed by atoms with Gasteiger partial charge in [-0.05, 0) is 31.3 Å². The van der Waals surface area contributed by atoms with Crippen molar-refractivity contribution in [1.82, 2.24) is 5.43 Å². The molecule has 0 bridgehead atoms. The molecule has 0 aromatic heterocycles. The van der Waals surface area contributed by atoms with Gasteiger partial charge in [0.1, 0.15) is 0 Å². The molecule has 0 unspecified atom stereocenters. The van der Waals surface area contributed by atoms with E-state index in [0.29, 0.717) is 5.11 Å². The highest BCUT2D eigenvalue weighted by molar-refractivity contribution is 7.80. The van der Waals surface area contributed by atoms with Crippen LogP contribution in [0.3, 0.4) is 0 Å². The zero-order chi connectivity index (χ0) is 17.5. The van der Waals surface area contributed by atoms with Crippen LogP contribution in [0, 0.1) is 6.92 Å². The van der Waals surface area contributed by atoms with Crippen LogP contribution in [0.15, 0.2) is 90.0 Å². The Labute approximate surface area is 153 Å². The van der Waals surface area contributed by atoms with Gasteiger partial charge in [-0.25, -0.2) is 0 Å². The van der Waals surface area contributed by atoms with Gasteiger partial charge in [-0.1, -0.05) is 78.4 Å². The van der Waals surface area contributed by atoms with Crippen molar-refractivity contribution < 1.29 is 0 Å². The lowest BCUT2D eigenvalue weighted by molar-refractivity contribution is 1.04. The maximum absolute atomic E-state index is 5.36. The second kappa shape index (κ2) is 8.22. The summed E-state index contributed by atoms with van der Waals surface area (Å²) < 4.78 is 0. The lowest BCUT2D eigenvalue weighted by atomic mass is 10.0. The molecule has 2 N–H and O–H groups in total. The van der Waals surface area contributed by atoms with Crippen LogP contribution in [0.1, 0.15) is 16.7 Å². The monoisotopic (exact) mass is 345 g/mol. The Morgan fingerprint density at radius 2 is 1.28 bits per heavy atom. The van der Waals surface area contributed by atoms with Crippen molar-refractivity contribution >= 4 is 28.7 Å². The number of nitrogens with one attached hydrogen (secondary N) is 2. The Kier molecular flexibility index (Phi) is 5.54. The van der Waals surface area contributed by atoms with Gasteiger partial charge in [0.25, 0.3) is 0 Å². The molecule has 0 amide bonds. The fourth-order valence-electron chi connectivity index (χ4n) is 2.39. The fourth-order valence-corrected chi connectivity index (χ4v) is 2.55. The van der Waals surface area contributed by atoms with E-state index in [9.17, 15) is 0 Å². The van der Waals surface area contributed by atoms with Crippen molar-refractivity contribution in [2.45, 2.75) is 6.92 Å². The maximum Gasteiger partial charge on any atom is 0.191 e. The molecule has 0 aliphatic rings. The van der Waals surface area contributed by atoms with E-state index in [4.69, 9.17) is 12.2 Å². The molecular formula is C21H19N3S. The number of anilines is 1. The molecular weight excluding hydrogens is 326 g/mol. The molecule has 3 rings (SSSR count). The van der Waals surface area contributed by atoms with Gasteiger partial charge >= 0.3 is 0 Å². The highest BCUT2D eigenvalue weighted by atomic mass is 32.1. The van der Waals surface area contributed by atoms with E-state index in [1.54, 1.807) is 0 Å². The van der Waals surface area contributed by atoms with Crippen LogP contribution in [0.2, 0.25) is 0 Å². The molecule has 4 heteroatoms. The second-order valence-electron chi connectivity index (χ2n) is 5.62. The molecule has 0 saturated carbocycles. The van der Waals surface area contributed by atoms with Crippen LogP contribution in [-0.2, 0) is 0 Å². The average molecular weight is 345 g/mol. The standard InChI is InChI=1S/C21H19N3S/c1-16-12-14-19(15-13-16)22-21(25)24-23-20(17-8-4-2-5-9-17)18-10-6-3-7-11-18/h2-15H,1H3,(H2,22,24,25). The Morgan fingerprint density at radius 3 is 1.80 bits per heavy atom.